The van der Waals surface area contributed by atoms with Gasteiger partial charge in [0.15, 0.2) is 5.75 Å². The van der Waals surface area contributed by atoms with Crippen molar-refractivity contribution in [2.45, 2.75) is 0 Å². The van der Waals surface area contributed by atoms with Crippen molar-refractivity contribution in [3.8, 4) is 11.5 Å². The van der Waals surface area contributed by atoms with Gasteiger partial charge in [0.25, 0.3) is 5.91 Å². The van der Waals surface area contributed by atoms with E-state index in [1.165, 1.54) is 31.0 Å². The van der Waals surface area contributed by atoms with Gasteiger partial charge in [-0.2, -0.15) is 0 Å². The molecule has 22 heavy (non-hydrogen) atoms. The number of amides is 1. The number of carbonyl (C=O) groups is 1. The zero-order valence-corrected chi connectivity index (χ0v) is 11.4. The fraction of sp³-hybridized carbons (Fsp3) is 0. The number of hydrogen-bond donors (Lipinski definition) is 1. The molecule has 0 bridgehead atoms. The Morgan fingerprint density at radius 1 is 1.00 bits per heavy atom. The molecule has 0 spiro atoms. The summed E-state index contributed by atoms with van der Waals surface area (Å²) in [7, 11) is 0. The second-order valence-corrected chi connectivity index (χ2v) is 4.22. The summed E-state index contributed by atoms with van der Waals surface area (Å²) < 4.78 is 5.56. The zero-order chi connectivity index (χ0) is 15.2. The Hall–Kier alpha value is -3.35. The molecule has 108 valence electrons. The lowest BCUT2D eigenvalue weighted by molar-refractivity contribution is 0.102. The molecule has 7 nitrogen and oxygen atoms in total. The van der Waals surface area contributed by atoms with Gasteiger partial charge in [-0.1, -0.05) is 6.07 Å². The Morgan fingerprint density at radius 3 is 2.64 bits per heavy atom. The number of nitrogens with one attached hydrogen (secondary N) is 1. The molecule has 3 rings (SSSR count). The normalized spacial score (nSPS) is 10.0. The molecule has 3 aromatic heterocycles. The van der Waals surface area contributed by atoms with Crippen molar-refractivity contribution in [3.63, 3.8) is 0 Å². The van der Waals surface area contributed by atoms with Crippen molar-refractivity contribution in [3.05, 3.63) is 67.1 Å². The van der Waals surface area contributed by atoms with Gasteiger partial charge in [0.2, 0.25) is 0 Å². The van der Waals surface area contributed by atoms with Crippen LogP contribution in [0.15, 0.2) is 61.4 Å². The first kappa shape index (κ1) is 13.6. The number of aromatic nitrogens is 4. The summed E-state index contributed by atoms with van der Waals surface area (Å²) in [6.45, 7) is 0. The van der Waals surface area contributed by atoms with Crippen molar-refractivity contribution >= 4 is 11.7 Å². The van der Waals surface area contributed by atoms with E-state index >= 15 is 0 Å². The van der Waals surface area contributed by atoms with Crippen LogP contribution in [0.3, 0.4) is 0 Å². The van der Waals surface area contributed by atoms with E-state index < -0.39 is 0 Å². The maximum absolute atomic E-state index is 12.1. The minimum absolute atomic E-state index is 0.222. The molecule has 3 heterocycles. The van der Waals surface area contributed by atoms with Crippen LogP contribution in [0.5, 0.6) is 11.5 Å². The molecular formula is C15H11N5O2. The Labute approximate surface area is 126 Å². The number of hydrogen-bond acceptors (Lipinski definition) is 6. The highest BCUT2D eigenvalue weighted by Crippen LogP contribution is 2.19. The molecule has 0 saturated heterocycles. The van der Waals surface area contributed by atoms with E-state index in [0.29, 0.717) is 17.3 Å². The molecule has 0 radical (unpaired) electrons. The maximum atomic E-state index is 12.1. The molecular weight excluding hydrogens is 282 g/mol. The number of anilines is 1. The third-order valence-corrected chi connectivity index (χ3v) is 2.64. The van der Waals surface area contributed by atoms with Crippen LogP contribution < -0.4 is 10.1 Å². The van der Waals surface area contributed by atoms with Crippen molar-refractivity contribution in [1.29, 1.82) is 0 Å². The SMILES string of the molecule is O=C(Nc1ccccn1)c1cc(Oc2cncnc2)ccn1. The summed E-state index contributed by atoms with van der Waals surface area (Å²) in [5, 5.41) is 2.66. The molecule has 1 N–H and O–H groups in total. The molecule has 7 heteroatoms. The van der Waals surface area contributed by atoms with Gasteiger partial charge in [-0.25, -0.2) is 15.0 Å². The summed E-state index contributed by atoms with van der Waals surface area (Å²) in [5.41, 5.74) is 0.222. The van der Waals surface area contributed by atoms with Gasteiger partial charge in [0, 0.05) is 18.5 Å². The van der Waals surface area contributed by atoms with Crippen LogP contribution in [0.4, 0.5) is 5.82 Å². The number of carbonyl (C=O) groups excluding carboxylic acids is 1. The van der Waals surface area contributed by atoms with E-state index in [4.69, 9.17) is 4.74 Å². The molecule has 0 aliphatic rings. The lowest BCUT2D eigenvalue weighted by atomic mass is 10.3. The van der Waals surface area contributed by atoms with E-state index in [2.05, 4.69) is 25.3 Å². The fourth-order valence-corrected chi connectivity index (χ4v) is 1.69. The predicted octanol–water partition coefficient (Wildman–Crippen LogP) is 2.31. The van der Waals surface area contributed by atoms with Crippen molar-refractivity contribution in [1.82, 2.24) is 19.9 Å². The first-order chi connectivity index (χ1) is 10.8. The van der Waals surface area contributed by atoms with Crippen LogP contribution in [-0.2, 0) is 0 Å². The smallest absolute Gasteiger partial charge is 0.275 e. The second kappa shape index (κ2) is 6.40. The molecule has 0 aromatic carbocycles. The summed E-state index contributed by atoms with van der Waals surface area (Å²) >= 11 is 0. The molecule has 0 atom stereocenters. The Balaban J connectivity index is 1.75. The zero-order valence-electron chi connectivity index (χ0n) is 11.4. The second-order valence-electron chi connectivity index (χ2n) is 4.22. The highest BCUT2D eigenvalue weighted by Gasteiger charge is 2.10. The van der Waals surface area contributed by atoms with Crippen LogP contribution in [0.2, 0.25) is 0 Å². The highest BCUT2D eigenvalue weighted by molar-refractivity contribution is 6.02. The van der Waals surface area contributed by atoms with E-state index in [1.54, 1.807) is 30.5 Å². The third kappa shape index (κ3) is 3.40. The molecule has 1 amide bonds. The number of nitrogens with zero attached hydrogens (tertiary/aromatic N) is 4. The van der Waals surface area contributed by atoms with Crippen LogP contribution in [0, 0.1) is 0 Å². The Bertz CT molecular complexity index is 765. The van der Waals surface area contributed by atoms with Gasteiger partial charge in [0.05, 0.1) is 12.4 Å². The van der Waals surface area contributed by atoms with Crippen LogP contribution in [-0.4, -0.2) is 25.8 Å². The van der Waals surface area contributed by atoms with Gasteiger partial charge >= 0.3 is 0 Å². The number of pyridine rings is 2. The molecule has 0 aliphatic carbocycles. The molecule has 0 saturated carbocycles. The monoisotopic (exact) mass is 293 g/mol. The number of rotatable bonds is 4. The van der Waals surface area contributed by atoms with E-state index in [0.717, 1.165) is 0 Å². The Kier molecular flexibility index (Phi) is 3.96. The third-order valence-electron chi connectivity index (χ3n) is 2.64. The standard InChI is InChI=1S/C15H11N5O2/c21-15(20-14-3-1-2-5-19-14)13-7-11(4-6-18-13)22-12-8-16-10-17-9-12/h1-10H,(H,19,20,21). The average molecular weight is 293 g/mol. The van der Waals surface area contributed by atoms with Gasteiger partial charge in [-0.05, 0) is 18.2 Å². The van der Waals surface area contributed by atoms with Crippen molar-refractivity contribution in [2.24, 2.45) is 0 Å². The van der Waals surface area contributed by atoms with Crippen LogP contribution in [0.25, 0.3) is 0 Å². The minimum atomic E-state index is -0.367. The van der Waals surface area contributed by atoms with Gasteiger partial charge in [-0.15, -0.1) is 0 Å². The van der Waals surface area contributed by atoms with Gasteiger partial charge < -0.3 is 10.1 Å². The van der Waals surface area contributed by atoms with Crippen molar-refractivity contribution < 1.29 is 9.53 Å². The molecule has 0 aliphatic heterocycles. The lowest BCUT2D eigenvalue weighted by Gasteiger charge is -2.06. The summed E-state index contributed by atoms with van der Waals surface area (Å²) in [6.07, 6.45) is 7.55. The van der Waals surface area contributed by atoms with Crippen LogP contribution in [0.1, 0.15) is 10.5 Å². The topological polar surface area (TPSA) is 89.9 Å². The summed E-state index contributed by atoms with van der Waals surface area (Å²) in [5.74, 6) is 1.03. The molecule has 0 unspecified atom stereocenters. The summed E-state index contributed by atoms with van der Waals surface area (Å²) in [4.78, 5) is 27.9. The largest absolute Gasteiger partial charge is 0.454 e. The lowest BCUT2D eigenvalue weighted by Crippen LogP contribution is -2.14. The minimum Gasteiger partial charge on any atom is -0.454 e. The van der Waals surface area contributed by atoms with E-state index in [1.807, 2.05) is 0 Å². The van der Waals surface area contributed by atoms with E-state index in [-0.39, 0.29) is 11.6 Å². The maximum Gasteiger partial charge on any atom is 0.275 e. The molecule has 0 fully saturated rings. The fourth-order valence-electron chi connectivity index (χ4n) is 1.69. The quantitative estimate of drug-likeness (QED) is 0.794. The first-order valence-electron chi connectivity index (χ1n) is 6.42. The number of ether oxygens (including phenoxy) is 1. The van der Waals surface area contributed by atoms with Crippen LogP contribution >= 0.6 is 0 Å². The molecule has 3 aromatic rings. The van der Waals surface area contributed by atoms with Crippen molar-refractivity contribution in [2.75, 3.05) is 5.32 Å². The first-order valence-corrected chi connectivity index (χ1v) is 6.42. The Morgan fingerprint density at radius 2 is 1.86 bits per heavy atom. The predicted molar refractivity (Wildman–Crippen MR) is 78.5 cm³/mol. The summed E-state index contributed by atoms with van der Waals surface area (Å²) in [6, 6.07) is 8.42. The van der Waals surface area contributed by atoms with Gasteiger partial charge in [0.1, 0.15) is 23.6 Å². The highest BCUT2D eigenvalue weighted by atomic mass is 16.5. The average Bonchev–Trinajstić information content (AvgIpc) is 2.57. The van der Waals surface area contributed by atoms with E-state index in [9.17, 15) is 4.79 Å². The van der Waals surface area contributed by atoms with Gasteiger partial charge in [-0.3, -0.25) is 9.78 Å².